The van der Waals surface area contributed by atoms with Crippen LogP contribution in [0.3, 0.4) is 0 Å². The standard InChI is InChI=1S/C15H22O3/c1-3-14(16)5-4-11-18-15-8-6-13(7-9-15)10-12-17-2/h6-9H,3-5,10-12H2,1-2H3. The minimum absolute atomic E-state index is 0.300. The highest BCUT2D eigenvalue weighted by Crippen LogP contribution is 2.13. The number of ketones is 1. The van der Waals surface area contributed by atoms with Crippen LogP contribution < -0.4 is 4.74 Å². The molecule has 3 nitrogen and oxygen atoms in total. The van der Waals surface area contributed by atoms with Gasteiger partial charge < -0.3 is 9.47 Å². The van der Waals surface area contributed by atoms with Crippen LogP contribution in [-0.4, -0.2) is 26.1 Å². The lowest BCUT2D eigenvalue weighted by atomic mass is 10.1. The van der Waals surface area contributed by atoms with Crippen LogP contribution in [0.2, 0.25) is 0 Å². The van der Waals surface area contributed by atoms with Crippen LogP contribution in [0.5, 0.6) is 5.75 Å². The highest BCUT2D eigenvalue weighted by molar-refractivity contribution is 5.77. The van der Waals surface area contributed by atoms with Gasteiger partial charge in [-0.25, -0.2) is 0 Å². The van der Waals surface area contributed by atoms with Gasteiger partial charge in [0.1, 0.15) is 11.5 Å². The molecule has 0 aliphatic rings. The molecule has 1 rings (SSSR count). The largest absolute Gasteiger partial charge is 0.494 e. The summed E-state index contributed by atoms with van der Waals surface area (Å²) in [4.78, 5) is 11.1. The second-order valence-corrected chi connectivity index (χ2v) is 4.23. The predicted octanol–water partition coefficient (Wildman–Crippen LogP) is 3.01. The summed E-state index contributed by atoms with van der Waals surface area (Å²) in [7, 11) is 1.70. The summed E-state index contributed by atoms with van der Waals surface area (Å²) in [5.41, 5.74) is 1.24. The van der Waals surface area contributed by atoms with Crippen LogP contribution in [0.15, 0.2) is 24.3 Å². The van der Waals surface area contributed by atoms with Gasteiger partial charge in [0.25, 0.3) is 0 Å². The van der Waals surface area contributed by atoms with Crippen molar-refractivity contribution < 1.29 is 14.3 Å². The van der Waals surface area contributed by atoms with Gasteiger partial charge in [-0.05, 0) is 30.5 Å². The van der Waals surface area contributed by atoms with Crippen molar-refractivity contribution in [1.29, 1.82) is 0 Å². The van der Waals surface area contributed by atoms with Crippen LogP contribution in [0.4, 0.5) is 0 Å². The fraction of sp³-hybridized carbons (Fsp3) is 0.533. The van der Waals surface area contributed by atoms with E-state index in [1.165, 1.54) is 5.56 Å². The minimum Gasteiger partial charge on any atom is -0.494 e. The summed E-state index contributed by atoms with van der Waals surface area (Å²) in [6, 6.07) is 8.02. The molecule has 3 heteroatoms. The third-order valence-corrected chi connectivity index (χ3v) is 2.78. The lowest BCUT2D eigenvalue weighted by molar-refractivity contribution is -0.118. The van der Waals surface area contributed by atoms with Crippen molar-refractivity contribution in [3.05, 3.63) is 29.8 Å². The smallest absolute Gasteiger partial charge is 0.132 e. The van der Waals surface area contributed by atoms with E-state index in [0.717, 1.165) is 25.2 Å². The van der Waals surface area contributed by atoms with E-state index in [-0.39, 0.29) is 0 Å². The number of hydrogen-bond donors (Lipinski definition) is 0. The van der Waals surface area contributed by atoms with E-state index in [2.05, 4.69) is 0 Å². The van der Waals surface area contributed by atoms with Gasteiger partial charge in [0.15, 0.2) is 0 Å². The summed E-state index contributed by atoms with van der Waals surface area (Å²) in [6.07, 6.45) is 2.94. The highest BCUT2D eigenvalue weighted by atomic mass is 16.5. The second-order valence-electron chi connectivity index (χ2n) is 4.23. The SMILES string of the molecule is CCC(=O)CCCOc1ccc(CCOC)cc1. The fourth-order valence-corrected chi connectivity index (χ4v) is 1.61. The van der Waals surface area contributed by atoms with Crippen LogP contribution >= 0.6 is 0 Å². The molecule has 1 aromatic carbocycles. The number of carbonyl (C=O) groups is 1. The molecule has 0 bridgehead atoms. The van der Waals surface area contributed by atoms with Crippen molar-refractivity contribution >= 4 is 5.78 Å². The lowest BCUT2D eigenvalue weighted by Crippen LogP contribution is -2.02. The van der Waals surface area contributed by atoms with Gasteiger partial charge in [-0.1, -0.05) is 19.1 Å². The number of hydrogen-bond acceptors (Lipinski definition) is 3. The zero-order valence-corrected chi connectivity index (χ0v) is 11.3. The molecule has 0 saturated carbocycles. The molecule has 18 heavy (non-hydrogen) atoms. The van der Waals surface area contributed by atoms with Crippen LogP contribution in [-0.2, 0) is 16.0 Å². The minimum atomic E-state index is 0.300. The third-order valence-electron chi connectivity index (χ3n) is 2.78. The Bertz CT molecular complexity index is 343. The average Bonchev–Trinajstić information content (AvgIpc) is 2.42. The maximum absolute atomic E-state index is 11.1. The Hall–Kier alpha value is -1.35. The van der Waals surface area contributed by atoms with E-state index in [9.17, 15) is 4.79 Å². The van der Waals surface area contributed by atoms with Crippen molar-refractivity contribution in [1.82, 2.24) is 0 Å². The number of rotatable bonds is 9. The Morgan fingerprint density at radius 1 is 1.17 bits per heavy atom. The molecule has 0 N–H and O–H groups in total. The number of carbonyl (C=O) groups excluding carboxylic acids is 1. The second kappa shape index (κ2) is 8.70. The van der Waals surface area contributed by atoms with Crippen molar-refractivity contribution in [2.24, 2.45) is 0 Å². The van der Waals surface area contributed by atoms with Gasteiger partial charge in [-0.3, -0.25) is 4.79 Å². The van der Waals surface area contributed by atoms with Gasteiger partial charge in [-0.2, -0.15) is 0 Å². The Labute approximate surface area is 109 Å². The topological polar surface area (TPSA) is 35.5 Å². The molecule has 0 amide bonds. The number of benzene rings is 1. The van der Waals surface area contributed by atoms with Gasteiger partial charge in [-0.15, -0.1) is 0 Å². The first-order valence-electron chi connectivity index (χ1n) is 6.48. The van der Waals surface area contributed by atoms with Crippen LogP contribution in [0.1, 0.15) is 31.7 Å². The summed E-state index contributed by atoms with van der Waals surface area (Å²) in [5, 5.41) is 0. The van der Waals surface area contributed by atoms with Crippen molar-refractivity contribution in [3.63, 3.8) is 0 Å². The molecule has 100 valence electrons. The Morgan fingerprint density at radius 3 is 2.50 bits per heavy atom. The molecule has 0 aliphatic carbocycles. The first kappa shape index (κ1) is 14.7. The normalized spacial score (nSPS) is 10.3. The van der Waals surface area contributed by atoms with Gasteiger partial charge in [0.05, 0.1) is 13.2 Å². The zero-order chi connectivity index (χ0) is 13.2. The van der Waals surface area contributed by atoms with E-state index in [4.69, 9.17) is 9.47 Å². The molecule has 0 heterocycles. The van der Waals surface area contributed by atoms with E-state index >= 15 is 0 Å². The molecule has 0 saturated heterocycles. The summed E-state index contributed by atoms with van der Waals surface area (Å²) < 4.78 is 10.6. The molecule has 0 fully saturated rings. The maximum atomic E-state index is 11.1. The third kappa shape index (κ3) is 5.82. The molecule has 1 aromatic rings. The molecule has 0 aromatic heterocycles. The summed E-state index contributed by atoms with van der Waals surface area (Å²) >= 11 is 0. The average molecular weight is 250 g/mol. The molecular formula is C15H22O3. The number of Topliss-reactive ketones (excluding diaryl/α,β-unsaturated/α-hetero) is 1. The summed E-state index contributed by atoms with van der Waals surface area (Å²) in [6.45, 7) is 3.23. The van der Waals surface area contributed by atoms with Gasteiger partial charge in [0, 0.05) is 20.0 Å². The molecule has 0 radical (unpaired) electrons. The quantitative estimate of drug-likeness (QED) is 0.632. The molecule has 0 atom stereocenters. The first-order valence-corrected chi connectivity index (χ1v) is 6.48. The van der Waals surface area contributed by atoms with Gasteiger partial charge >= 0.3 is 0 Å². The monoisotopic (exact) mass is 250 g/mol. The van der Waals surface area contributed by atoms with Crippen LogP contribution in [0.25, 0.3) is 0 Å². The number of methoxy groups -OCH3 is 1. The predicted molar refractivity (Wildman–Crippen MR) is 72.0 cm³/mol. The van der Waals surface area contributed by atoms with E-state index in [1.54, 1.807) is 7.11 Å². The Morgan fingerprint density at radius 2 is 1.89 bits per heavy atom. The highest BCUT2D eigenvalue weighted by Gasteiger charge is 1.99. The molecule has 0 unspecified atom stereocenters. The molecular weight excluding hydrogens is 228 g/mol. The summed E-state index contributed by atoms with van der Waals surface area (Å²) in [5.74, 6) is 1.16. The van der Waals surface area contributed by atoms with Gasteiger partial charge in [0.2, 0.25) is 0 Å². The van der Waals surface area contributed by atoms with Crippen molar-refractivity contribution in [2.45, 2.75) is 32.6 Å². The molecule has 0 aliphatic heterocycles. The zero-order valence-electron chi connectivity index (χ0n) is 11.3. The fourth-order valence-electron chi connectivity index (χ4n) is 1.61. The maximum Gasteiger partial charge on any atom is 0.132 e. The van der Waals surface area contributed by atoms with E-state index in [1.807, 2.05) is 31.2 Å². The first-order chi connectivity index (χ1) is 8.76. The van der Waals surface area contributed by atoms with E-state index < -0.39 is 0 Å². The Balaban J connectivity index is 2.24. The molecule has 0 spiro atoms. The lowest BCUT2D eigenvalue weighted by Gasteiger charge is -2.06. The van der Waals surface area contributed by atoms with E-state index in [0.29, 0.717) is 25.2 Å². The Kier molecular flexibility index (Phi) is 7.11. The van der Waals surface area contributed by atoms with Crippen molar-refractivity contribution in [2.75, 3.05) is 20.3 Å². The number of ether oxygens (including phenoxy) is 2. The van der Waals surface area contributed by atoms with Crippen molar-refractivity contribution in [3.8, 4) is 5.75 Å². The van der Waals surface area contributed by atoms with Crippen LogP contribution in [0, 0.1) is 0 Å².